The van der Waals surface area contributed by atoms with Crippen LogP contribution in [0, 0.1) is 0 Å². The molecular formula is C6H4F8O. The molecule has 0 saturated heterocycles. The van der Waals surface area contributed by atoms with Crippen LogP contribution in [0.1, 0.15) is 0 Å². The summed E-state index contributed by atoms with van der Waals surface area (Å²) in [4.78, 5) is 0. The molecule has 1 unspecified atom stereocenters. The van der Waals surface area contributed by atoms with Crippen LogP contribution in [-0.2, 0) is 4.74 Å². The SMILES string of the molecule is C=COC(C(F)(F)F)C(F)(F)C(F)(F)F. The van der Waals surface area contributed by atoms with Gasteiger partial charge in [-0.25, -0.2) is 0 Å². The summed E-state index contributed by atoms with van der Waals surface area (Å²) >= 11 is 0. The highest BCUT2D eigenvalue weighted by Crippen LogP contribution is 2.44. The van der Waals surface area contributed by atoms with Crippen LogP contribution < -0.4 is 0 Å². The van der Waals surface area contributed by atoms with E-state index in [2.05, 4.69) is 11.3 Å². The van der Waals surface area contributed by atoms with Crippen molar-refractivity contribution in [1.29, 1.82) is 0 Å². The first-order valence-corrected chi connectivity index (χ1v) is 3.22. The lowest BCUT2D eigenvalue weighted by Gasteiger charge is -2.29. The second-order valence-corrected chi connectivity index (χ2v) is 2.35. The van der Waals surface area contributed by atoms with Crippen LogP contribution in [-0.4, -0.2) is 24.4 Å². The minimum Gasteiger partial charge on any atom is -0.482 e. The van der Waals surface area contributed by atoms with E-state index in [0.717, 1.165) is 0 Å². The van der Waals surface area contributed by atoms with Gasteiger partial charge in [-0.1, -0.05) is 6.58 Å². The van der Waals surface area contributed by atoms with Crippen LogP contribution in [0.15, 0.2) is 12.8 Å². The zero-order valence-corrected chi connectivity index (χ0v) is 6.79. The number of hydrogen-bond donors (Lipinski definition) is 0. The largest absolute Gasteiger partial charge is 0.482 e. The van der Waals surface area contributed by atoms with E-state index >= 15 is 0 Å². The molecule has 0 aliphatic rings. The number of halogens is 8. The van der Waals surface area contributed by atoms with Gasteiger partial charge in [-0.3, -0.25) is 0 Å². The van der Waals surface area contributed by atoms with Crippen LogP contribution in [0.4, 0.5) is 35.1 Å². The van der Waals surface area contributed by atoms with Gasteiger partial charge >= 0.3 is 18.3 Å². The van der Waals surface area contributed by atoms with E-state index in [9.17, 15) is 35.1 Å². The zero-order valence-electron chi connectivity index (χ0n) is 6.79. The van der Waals surface area contributed by atoms with Crippen molar-refractivity contribution < 1.29 is 39.9 Å². The third kappa shape index (κ3) is 2.96. The van der Waals surface area contributed by atoms with Gasteiger partial charge in [0.1, 0.15) is 0 Å². The molecule has 0 heterocycles. The average molecular weight is 244 g/mol. The van der Waals surface area contributed by atoms with Crippen LogP contribution in [0.25, 0.3) is 0 Å². The lowest BCUT2D eigenvalue weighted by atomic mass is 10.1. The van der Waals surface area contributed by atoms with E-state index in [1.165, 1.54) is 0 Å². The van der Waals surface area contributed by atoms with Crippen LogP contribution >= 0.6 is 0 Å². The summed E-state index contributed by atoms with van der Waals surface area (Å²) in [5.41, 5.74) is 0. The van der Waals surface area contributed by atoms with E-state index in [0.29, 0.717) is 0 Å². The van der Waals surface area contributed by atoms with Crippen molar-refractivity contribution in [3.05, 3.63) is 12.8 Å². The molecule has 0 amide bonds. The maximum absolute atomic E-state index is 12.3. The second-order valence-electron chi connectivity index (χ2n) is 2.35. The second kappa shape index (κ2) is 3.86. The Hall–Kier alpha value is -1.02. The Morgan fingerprint density at radius 1 is 0.933 bits per heavy atom. The van der Waals surface area contributed by atoms with Crippen molar-refractivity contribution in [2.24, 2.45) is 0 Å². The van der Waals surface area contributed by atoms with Gasteiger partial charge in [-0.05, 0) is 0 Å². The van der Waals surface area contributed by atoms with Gasteiger partial charge in [-0.2, -0.15) is 35.1 Å². The summed E-state index contributed by atoms with van der Waals surface area (Å²) in [6.45, 7) is 2.49. The van der Waals surface area contributed by atoms with E-state index < -0.39 is 24.4 Å². The summed E-state index contributed by atoms with van der Waals surface area (Å²) in [6.07, 6.45) is -16.6. The Balaban J connectivity index is 5.17. The maximum Gasteiger partial charge on any atom is 0.457 e. The van der Waals surface area contributed by atoms with Crippen LogP contribution in [0.3, 0.4) is 0 Å². The zero-order chi connectivity index (χ0) is 12.5. The first kappa shape index (κ1) is 14.0. The average Bonchev–Trinajstić information content (AvgIpc) is 1.95. The fraction of sp³-hybridized carbons (Fsp3) is 0.667. The number of rotatable bonds is 3. The highest BCUT2D eigenvalue weighted by molar-refractivity contribution is 4.91. The van der Waals surface area contributed by atoms with Gasteiger partial charge in [-0.15, -0.1) is 0 Å². The van der Waals surface area contributed by atoms with Crippen molar-refractivity contribution >= 4 is 0 Å². The van der Waals surface area contributed by atoms with Gasteiger partial charge in [0.15, 0.2) is 0 Å². The van der Waals surface area contributed by atoms with Gasteiger partial charge < -0.3 is 4.74 Å². The Bertz CT molecular complexity index is 226. The Morgan fingerprint density at radius 3 is 1.53 bits per heavy atom. The quantitative estimate of drug-likeness (QED) is 0.546. The van der Waals surface area contributed by atoms with Crippen molar-refractivity contribution in [1.82, 2.24) is 0 Å². The maximum atomic E-state index is 12.3. The first-order chi connectivity index (χ1) is 6.44. The van der Waals surface area contributed by atoms with Crippen LogP contribution in [0.5, 0.6) is 0 Å². The molecule has 0 spiro atoms. The van der Waals surface area contributed by atoms with Gasteiger partial charge in [0.05, 0.1) is 6.26 Å². The number of hydrogen-bond acceptors (Lipinski definition) is 1. The summed E-state index contributed by atoms with van der Waals surface area (Å²) in [6, 6.07) is 0. The molecule has 0 bridgehead atoms. The standard InChI is InChI=1S/C6H4F8O/c1-2-15-3(5(9,10)11)4(7,8)6(12,13)14/h2-3H,1H2. The molecule has 0 aromatic rings. The molecule has 0 rings (SSSR count). The molecule has 0 aromatic heterocycles. The molecule has 0 radical (unpaired) electrons. The molecule has 0 saturated carbocycles. The van der Waals surface area contributed by atoms with E-state index in [1.807, 2.05) is 0 Å². The summed E-state index contributed by atoms with van der Waals surface area (Å²) in [5.74, 6) is -6.03. The number of alkyl halides is 8. The third-order valence-corrected chi connectivity index (χ3v) is 1.24. The Kier molecular flexibility index (Phi) is 3.59. The number of ether oxygens (including phenoxy) is 1. The van der Waals surface area contributed by atoms with Crippen molar-refractivity contribution in [2.75, 3.05) is 0 Å². The molecular weight excluding hydrogens is 240 g/mol. The highest BCUT2D eigenvalue weighted by Gasteiger charge is 2.71. The summed E-state index contributed by atoms with van der Waals surface area (Å²) in [7, 11) is 0. The molecule has 0 aromatic carbocycles. The summed E-state index contributed by atoms with van der Waals surface area (Å²) < 4.78 is 97.7. The topological polar surface area (TPSA) is 9.23 Å². The molecule has 15 heavy (non-hydrogen) atoms. The lowest BCUT2D eigenvalue weighted by molar-refractivity contribution is -0.359. The van der Waals surface area contributed by atoms with Gasteiger partial charge in [0.25, 0.3) is 6.10 Å². The van der Waals surface area contributed by atoms with Crippen molar-refractivity contribution in [3.8, 4) is 0 Å². The van der Waals surface area contributed by atoms with Gasteiger partial charge in [0, 0.05) is 0 Å². The predicted molar refractivity (Wildman–Crippen MR) is 32.1 cm³/mol. The monoisotopic (exact) mass is 244 g/mol. The molecule has 1 atom stereocenters. The minimum atomic E-state index is -6.35. The van der Waals surface area contributed by atoms with E-state index in [-0.39, 0.29) is 6.26 Å². The van der Waals surface area contributed by atoms with E-state index in [1.54, 1.807) is 0 Å². The molecule has 90 valence electrons. The molecule has 0 N–H and O–H groups in total. The predicted octanol–water partition coefficient (Wildman–Crippen LogP) is 3.28. The minimum absolute atomic E-state index is 0.127. The normalized spacial score (nSPS) is 16.0. The molecule has 1 nitrogen and oxygen atoms in total. The highest BCUT2D eigenvalue weighted by atomic mass is 19.4. The van der Waals surface area contributed by atoms with Crippen molar-refractivity contribution in [2.45, 2.75) is 24.4 Å². The summed E-state index contributed by atoms with van der Waals surface area (Å²) in [5, 5.41) is 0. The molecule has 0 aliphatic carbocycles. The lowest BCUT2D eigenvalue weighted by Crippen LogP contribution is -2.54. The van der Waals surface area contributed by atoms with Crippen molar-refractivity contribution in [3.63, 3.8) is 0 Å². The Labute approximate surface area is 78.3 Å². The molecule has 0 aliphatic heterocycles. The first-order valence-electron chi connectivity index (χ1n) is 3.22. The third-order valence-electron chi connectivity index (χ3n) is 1.24. The molecule has 0 fully saturated rings. The smallest absolute Gasteiger partial charge is 0.457 e. The fourth-order valence-electron chi connectivity index (χ4n) is 0.613. The van der Waals surface area contributed by atoms with Gasteiger partial charge in [0.2, 0.25) is 0 Å². The van der Waals surface area contributed by atoms with E-state index in [4.69, 9.17) is 0 Å². The van der Waals surface area contributed by atoms with Crippen LogP contribution in [0.2, 0.25) is 0 Å². The fourth-order valence-corrected chi connectivity index (χ4v) is 0.613. The molecule has 9 heteroatoms. The Morgan fingerprint density at radius 2 is 1.33 bits per heavy atom.